The average molecular weight is 354 g/mol. The van der Waals surface area contributed by atoms with E-state index in [-0.39, 0.29) is 17.1 Å². The molecule has 0 N–H and O–H groups in total. The van der Waals surface area contributed by atoms with Crippen molar-refractivity contribution in [3.05, 3.63) is 66.2 Å². The Bertz CT molecular complexity index is 713. The lowest BCUT2D eigenvalue weighted by Gasteiger charge is -2.36. The third kappa shape index (κ3) is 4.42. The second-order valence-electron chi connectivity index (χ2n) is 6.05. The summed E-state index contributed by atoms with van der Waals surface area (Å²) in [7, 11) is 0. The molecule has 0 radical (unpaired) electrons. The lowest BCUT2D eigenvalue weighted by molar-refractivity contribution is -0.138. The number of rotatable bonds is 4. The Morgan fingerprint density at radius 3 is 1.92 bits per heavy atom. The van der Waals surface area contributed by atoms with E-state index in [0.29, 0.717) is 26.2 Å². The van der Waals surface area contributed by atoms with Gasteiger partial charge >= 0.3 is 0 Å². The lowest BCUT2D eigenvalue weighted by atomic mass is 10.1. The molecule has 0 spiro atoms. The second-order valence-corrected chi connectivity index (χ2v) is 7.23. The van der Waals surface area contributed by atoms with E-state index in [2.05, 4.69) is 0 Å². The maximum absolute atomic E-state index is 13.2. The van der Waals surface area contributed by atoms with E-state index in [1.54, 1.807) is 23.6 Å². The largest absolute Gasteiger partial charge is 0.339 e. The van der Waals surface area contributed by atoms with E-state index in [9.17, 15) is 9.59 Å². The van der Waals surface area contributed by atoms with Crippen LogP contribution in [0.3, 0.4) is 0 Å². The number of hydrogen-bond acceptors (Lipinski definition) is 3. The average Bonchev–Trinajstić information content (AvgIpc) is 2.67. The van der Waals surface area contributed by atoms with E-state index in [1.807, 2.05) is 65.6 Å². The third-order valence-corrected chi connectivity index (χ3v) is 5.61. The van der Waals surface area contributed by atoms with Gasteiger partial charge in [-0.15, -0.1) is 11.8 Å². The van der Waals surface area contributed by atoms with Crippen LogP contribution in [0.2, 0.25) is 0 Å². The summed E-state index contributed by atoms with van der Waals surface area (Å²) in [6.45, 7) is 3.99. The molecule has 1 atom stereocenters. The fourth-order valence-electron chi connectivity index (χ4n) is 2.93. The van der Waals surface area contributed by atoms with Crippen molar-refractivity contribution in [1.29, 1.82) is 0 Å². The molecule has 1 heterocycles. The van der Waals surface area contributed by atoms with Crippen LogP contribution in [0.1, 0.15) is 17.7 Å². The normalized spacial score (nSPS) is 15.7. The van der Waals surface area contributed by atoms with Crippen molar-refractivity contribution in [2.45, 2.75) is 17.1 Å². The number of benzene rings is 2. The molecule has 1 aliphatic heterocycles. The van der Waals surface area contributed by atoms with E-state index < -0.39 is 0 Å². The van der Waals surface area contributed by atoms with E-state index in [1.165, 1.54) is 0 Å². The molecule has 4 nitrogen and oxygen atoms in total. The summed E-state index contributed by atoms with van der Waals surface area (Å²) in [5, 5.41) is -0.271. The van der Waals surface area contributed by atoms with Gasteiger partial charge in [0.25, 0.3) is 0 Å². The van der Waals surface area contributed by atoms with Crippen molar-refractivity contribution in [3.8, 4) is 0 Å². The molecular formula is C20H22N2O2S. The van der Waals surface area contributed by atoms with Crippen molar-refractivity contribution < 1.29 is 9.59 Å². The van der Waals surface area contributed by atoms with Crippen LogP contribution < -0.4 is 0 Å². The summed E-state index contributed by atoms with van der Waals surface area (Å²) >= 11 is 1.58. The van der Waals surface area contributed by atoms with Crippen LogP contribution in [0.5, 0.6) is 0 Å². The van der Waals surface area contributed by atoms with Gasteiger partial charge in [-0.2, -0.15) is 0 Å². The molecule has 0 bridgehead atoms. The Labute approximate surface area is 152 Å². The topological polar surface area (TPSA) is 40.6 Å². The summed E-state index contributed by atoms with van der Waals surface area (Å²) in [6, 6.07) is 19.9. The van der Waals surface area contributed by atoms with Gasteiger partial charge in [0.15, 0.2) is 0 Å². The fraction of sp³-hybridized carbons (Fsp3) is 0.300. The first-order chi connectivity index (χ1) is 12.1. The number of carbonyl (C=O) groups is 2. The predicted octanol–water partition coefficient (Wildman–Crippen LogP) is 3.21. The molecule has 5 heteroatoms. The highest BCUT2D eigenvalue weighted by Gasteiger charge is 2.29. The summed E-state index contributed by atoms with van der Waals surface area (Å²) in [6.07, 6.45) is 0. The van der Waals surface area contributed by atoms with E-state index in [0.717, 1.165) is 10.5 Å². The Kier molecular flexibility index (Phi) is 5.76. The lowest BCUT2D eigenvalue weighted by Crippen LogP contribution is -2.50. The minimum absolute atomic E-state index is 0.0744. The highest BCUT2D eigenvalue weighted by atomic mass is 32.2. The van der Waals surface area contributed by atoms with Crippen LogP contribution in [0, 0.1) is 0 Å². The van der Waals surface area contributed by atoms with Crippen molar-refractivity contribution in [1.82, 2.24) is 9.80 Å². The smallest absolute Gasteiger partial charge is 0.240 e. The number of amides is 2. The minimum Gasteiger partial charge on any atom is -0.339 e. The fourth-order valence-corrected chi connectivity index (χ4v) is 4.06. The molecule has 3 rings (SSSR count). The Balaban J connectivity index is 1.77. The molecular weight excluding hydrogens is 332 g/mol. The minimum atomic E-state index is -0.271. The summed E-state index contributed by atoms with van der Waals surface area (Å²) in [4.78, 5) is 29.4. The van der Waals surface area contributed by atoms with Gasteiger partial charge in [0.05, 0.1) is 0 Å². The molecule has 0 aliphatic carbocycles. The molecule has 0 unspecified atom stereocenters. The van der Waals surface area contributed by atoms with Crippen molar-refractivity contribution in [2.24, 2.45) is 0 Å². The van der Waals surface area contributed by atoms with Gasteiger partial charge < -0.3 is 9.80 Å². The zero-order valence-corrected chi connectivity index (χ0v) is 15.1. The molecule has 1 saturated heterocycles. The van der Waals surface area contributed by atoms with Gasteiger partial charge in [-0.1, -0.05) is 48.5 Å². The van der Waals surface area contributed by atoms with Gasteiger partial charge in [-0.25, -0.2) is 0 Å². The number of hydrogen-bond donors (Lipinski definition) is 0. The van der Waals surface area contributed by atoms with Gasteiger partial charge in [0.1, 0.15) is 5.25 Å². The second kappa shape index (κ2) is 8.21. The Morgan fingerprint density at radius 2 is 1.36 bits per heavy atom. The van der Waals surface area contributed by atoms with Crippen LogP contribution in [0.25, 0.3) is 0 Å². The number of nitrogens with zero attached hydrogens (tertiary/aromatic N) is 2. The molecule has 2 aromatic rings. The first-order valence-corrected chi connectivity index (χ1v) is 9.34. The zero-order chi connectivity index (χ0) is 17.6. The van der Waals surface area contributed by atoms with Gasteiger partial charge in [-0.3, -0.25) is 9.59 Å². The molecule has 1 aliphatic rings. The van der Waals surface area contributed by atoms with E-state index in [4.69, 9.17) is 0 Å². The van der Waals surface area contributed by atoms with E-state index >= 15 is 0 Å². The van der Waals surface area contributed by atoms with Crippen LogP contribution in [-0.4, -0.2) is 47.8 Å². The molecule has 2 amide bonds. The summed E-state index contributed by atoms with van der Waals surface area (Å²) < 4.78 is 0. The molecule has 1 fully saturated rings. The maximum Gasteiger partial charge on any atom is 0.240 e. The predicted molar refractivity (Wildman–Crippen MR) is 100 cm³/mol. The third-order valence-electron chi connectivity index (χ3n) is 4.36. The molecule has 130 valence electrons. The van der Waals surface area contributed by atoms with Crippen molar-refractivity contribution >= 4 is 23.6 Å². The first kappa shape index (κ1) is 17.5. The van der Waals surface area contributed by atoms with Crippen LogP contribution >= 0.6 is 11.8 Å². The zero-order valence-electron chi connectivity index (χ0n) is 14.3. The van der Waals surface area contributed by atoms with Crippen LogP contribution in [-0.2, 0) is 9.59 Å². The van der Waals surface area contributed by atoms with Crippen molar-refractivity contribution in [3.63, 3.8) is 0 Å². The molecule has 0 aromatic heterocycles. The Hall–Kier alpha value is -2.27. The quantitative estimate of drug-likeness (QED) is 0.792. The monoisotopic (exact) mass is 354 g/mol. The SMILES string of the molecule is CC(=O)N1CCN(C(=O)[C@@H](Sc2ccccc2)c2ccccc2)CC1. The van der Waals surface area contributed by atoms with Crippen LogP contribution in [0.15, 0.2) is 65.6 Å². The summed E-state index contributed by atoms with van der Waals surface area (Å²) in [5.41, 5.74) is 1.01. The number of carbonyl (C=O) groups excluding carboxylic acids is 2. The van der Waals surface area contributed by atoms with Gasteiger partial charge in [0, 0.05) is 38.0 Å². The Morgan fingerprint density at radius 1 is 0.840 bits per heavy atom. The van der Waals surface area contributed by atoms with Gasteiger partial charge in [0.2, 0.25) is 11.8 Å². The molecule has 2 aromatic carbocycles. The first-order valence-electron chi connectivity index (χ1n) is 8.46. The standard InChI is InChI=1S/C20H22N2O2S/c1-16(23)21-12-14-22(15-13-21)20(24)19(17-8-4-2-5-9-17)25-18-10-6-3-7-11-18/h2-11,19H,12-15H2,1H3/t19-/m0/s1. The van der Waals surface area contributed by atoms with Crippen LogP contribution in [0.4, 0.5) is 0 Å². The van der Waals surface area contributed by atoms with Crippen molar-refractivity contribution in [2.75, 3.05) is 26.2 Å². The highest BCUT2D eigenvalue weighted by Crippen LogP contribution is 2.36. The molecule has 25 heavy (non-hydrogen) atoms. The number of piperazine rings is 1. The molecule has 0 saturated carbocycles. The summed E-state index contributed by atoms with van der Waals surface area (Å²) in [5.74, 6) is 0.189. The number of thioether (sulfide) groups is 1. The maximum atomic E-state index is 13.2. The highest BCUT2D eigenvalue weighted by molar-refractivity contribution is 8.00. The van der Waals surface area contributed by atoms with Gasteiger partial charge in [-0.05, 0) is 17.7 Å².